The Labute approximate surface area is 160 Å². The van der Waals surface area contributed by atoms with Gasteiger partial charge in [0, 0.05) is 12.1 Å². The van der Waals surface area contributed by atoms with E-state index >= 15 is 0 Å². The fraction of sp³-hybridized carbons (Fsp3) is 0.333. The van der Waals surface area contributed by atoms with Crippen LogP contribution >= 0.6 is 11.6 Å². The van der Waals surface area contributed by atoms with Crippen LogP contribution in [0.25, 0.3) is 0 Å². The highest BCUT2D eigenvalue weighted by Gasteiger charge is 2.35. The number of carbonyl (C=O) groups excluding carboxylic acids is 2. The average Bonchev–Trinajstić information content (AvgIpc) is 2.58. The van der Waals surface area contributed by atoms with Crippen molar-refractivity contribution in [3.8, 4) is 0 Å². The number of hydrogen-bond acceptors (Lipinski definition) is 2. The van der Waals surface area contributed by atoms with Gasteiger partial charge in [0.1, 0.15) is 0 Å². The molecule has 0 aliphatic carbocycles. The summed E-state index contributed by atoms with van der Waals surface area (Å²) in [5.41, 5.74) is 1.38. The lowest BCUT2D eigenvalue weighted by Gasteiger charge is -2.43. The van der Waals surface area contributed by atoms with Gasteiger partial charge in [-0.2, -0.15) is 0 Å². The summed E-state index contributed by atoms with van der Waals surface area (Å²) in [7, 11) is 0. The number of carbonyl (C=O) groups is 2. The molecule has 0 spiro atoms. The van der Waals surface area contributed by atoms with Gasteiger partial charge in [0.05, 0.1) is 16.1 Å². The molecule has 0 saturated heterocycles. The summed E-state index contributed by atoms with van der Waals surface area (Å²) in [4.78, 5) is 26.3. The van der Waals surface area contributed by atoms with E-state index in [1.165, 1.54) is 10.0 Å². The van der Waals surface area contributed by atoms with E-state index in [1.807, 2.05) is 46.8 Å². The molecule has 0 heterocycles. The molecule has 2 aromatic rings. The fourth-order valence-corrected chi connectivity index (χ4v) is 2.96. The van der Waals surface area contributed by atoms with Crippen molar-refractivity contribution >= 4 is 23.4 Å². The second-order valence-corrected chi connectivity index (χ2v) is 7.56. The van der Waals surface area contributed by atoms with Gasteiger partial charge in [0.15, 0.2) is 0 Å². The van der Waals surface area contributed by atoms with Gasteiger partial charge in [-0.15, -0.1) is 0 Å². The molecular weight excluding hydrogens is 348 g/mol. The molecule has 0 aliphatic rings. The zero-order valence-electron chi connectivity index (χ0n) is 15.9. The predicted molar refractivity (Wildman–Crippen MR) is 105 cm³/mol. The highest BCUT2D eigenvalue weighted by Crippen LogP contribution is 2.25. The normalized spacial score (nSPS) is 11.2. The van der Waals surface area contributed by atoms with Gasteiger partial charge >= 0.3 is 0 Å². The molecule has 0 atom stereocenters. The number of amides is 2. The van der Waals surface area contributed by atoms with E-state index in [4.69, 9.17) is 11.6 Å². The summed E-state index contributed by atoms with van der Waals surface area (Å²) in [5.74, 6) is -0.520. The van der Waals surface area contributed by atoms with E-state index in [0.717, 1.165) is 5.56 Å². The molecular formula is C21H25ClN2O2. The van der Waals surface area contributed by atoms with Gasteiger partial charge in [-0.3, -0.25) is 9.59 Å². The van der Waals surface area contributed by atoms with Crippen molar-refractivity contribution in [3.05, 3.63) is 70.2 Å². The van der Waals surface area contributed by atoms with Gasteiger partial charge in [-0.05, 0) is 58.9 Å². The first kappa shape index (κ1) is 20.0. The second-order valence-electron chi connectivity index (χ2n) is 7.15. The van der Waals surface area contributed by atoms with Crippen molar-refractivity contribution in [1.29, 1.82) is 0 Å². The number of aryl methyl sites for hydroxylation is 1. The Morgan fingerprint density at radius 1 is 0.962 bits per heavy atom. The third-order valence-electron chi connectivity index (χ3n) is 4.01. The van der Waals surface area contributed by atoms with Crippen LogP contribution in [-0.2, 0) is 0 Å². The Morgan fingerprint density at radius 2 is 1.54 bits per heavy atom. The lowest BCUT2D eigenvalue weighted by Crippen LogP contribution is -2.58. The molecule has 0 fully saturated rings. The molecule has 0 radical (unpaired) electrons. The quantitative estimate of drug-likeness (QED) is 0.714. The molecule has 2 amide bonds. The Hall–Kier alpha value is -2.33. The van der Waals surface area contributed by atoms with Crippen molar-refractivity contribution < 1.29 is 9.59 Å². The van der Waals surface area contributed by atoms with E-state index in [2.05, 4.69) is 0 Å². The summed E-state index contributed by atoms with van der Waals surface area (Å²) in [6.07, 6.45) is 0. The van der Waals surface area contributed by atoms with Crippen molar-refractivity contribution in [2.75, 3.05) is 6.54 Å². The highest BCUT2D eigenvalue weighted by atomic mass is 35.5. The van der Waals surface area contributed by atoms with Crippen LogP contribution in [0.15, 0.2) is 48.5 Å². The molecule has 138 valence electrons. The average molecular weight is 373 g/mol. The first-order valence-electron chi connectivity index (χ1n) is 8.64. The van der Waals surface area contributed by atoms with Gasteiger partial charge in [0.25, 0.3) is 11.8 Å². The summed E-state index contributed by atoms with van der Waals surface area (Å²) in [6, 6.07) is 14.2. The molecule has 5 heteroatoms. The van der Waals surface area contributed by atoms with Crippen LogP contribution in [0.2, 0.25) is 5.02 Å². The smallest absolute Gasteiger partial charge is 0.267 e. The van der Waals surface area contributed by atoms with Crippen molar-refractivity contribution in [3.63, 3.8) is 0 Å². The van der Waals surface area contributed by atoms with E-state index in [0.29, 0.717) is 22.7 Å². The number of hydrogen-bond donors (Lipinski definition) is 0. The van der Waals surface area contributed by atoms with Crippen LogP contribution < -0.4 is 0 Å². The molecule has 0 N–H and O–H groups in total. The SMILES string of the molecule is CCN(C(=O)c1ccc(C)cc1)N(C(=O)c1ccccc1Cl)C(C)(C)C. The molecule has 2 rings (SSSR count). The lowest BCUT2D eigenvalue weighted by atomic mass is 10.1. The monoisotopic (exact) mass is 372 g/mol. The van der Waals surface area contributed by atoms with Gasteiger partial charge in [-0.25, -0.2) is 10.0 Å². The van der Waals surface area contributed by atoms with Crippen LogP contribution in [0.5, 0.6) is 0 Å². The summed E-state index contributed by atoms with van der Waals surface area (Å²) in [5, 5.41) is 3.35. The number of hydrazine groups is 1. The molecule has 0 aromatic heterocycles. The number of benzene rings is 2. The molecule has 0 unspecified atom stereocenters. The van der Waals surface area contributed by atoms with Gasteiger partial charge in [0.2, 0.25) is 0 Å². The Balaban J connectivity index is 2.47. The third-order valence-corrected chi connectivity index (χ3v) is 4.34. The Bertz CT molecular complexity index is 794. The van der Waals surface area contributed by atoms with Gasteiger partial charge < -0.3 is 0 Å². The van der Waals surface area contributed by atoms with E-state index in [-0.39, 0.29) is 11.8 Å². The van der Waals surface area contributed by atoms with Crippen LogP contribution in [0.1, 0.15) is 54.0 Å². The van der Waals surface area contributed by atoms with E-state index < -0.39 is 5.54 Å². The predicted octanol–water partition coefficient (Wildman–Crippen LogP) is 4.97. The maximum atomic E-state index is 13.3. The maximum absolute atomic E-state index is 13.3. The lowest BCUT2D eigenvalue weighted by molar-refractivity contribution is -0.0410. The topological polar surface area (TPSA) is 40.6 Å². The molecule has 4 nitrogen and oxygen atoms in total. The van der Waals surface area contributed by atoms with Gasteiger partial charge in [-0.1, -0.05) is 41.4 Å². The molecule has 0 aliphatic heterocycles. The standard InChI is InChI=1S/C21H25ClN2O2/c1-6-23(19(25)16-13-11-15(2)12-14-16)24(21(3,4)5)20(26)17-9-7-8-10-18(17)22/h7-14H,6H2,1-5H3. The minimum Gasteiger partial charge on any atom is -0.267 e. The number of rotatable bonds is 3. The molecule has 2 aromatic carbocycles. The second kappa shape index (κ2) is 7.92. The molecule has 26 heavy (non-hydrogen) atoms. The Kier molecular flexibility index (Phi) is 6.09. The summed E-state index contributed by atoms with van der Waals surface area (Å²) in [6.45, 7) is 9.87. The van der Waals surface area contributed by atoms with E-state index in [1.54, 1.807) is 36.4 Å². The van der Waals surface area contributed by atoms with Crippen molar-refractivity contribution in [2.45, 2.75) is 40.2 Å². The minimum atomic E-state index is -0.605. The number of nitrogens with zero attached hydrogens (tertiary/aromatic N) is 2. The Morgan fingerprint density at radius 3 is 2.04 bits per heavy atom. The first-order chi connectivity index (χ1) is 12.2. The van der Waals surface area contributed by atoms with Crippen molar-refractivity contribution in [1.82, 2.24) is 10.0 Å². The summed E-state index contributed by atoms with van der Waals surface area (Å²) < 4.78 is 0. The summed E-state index contributed by atoms with van der Waals surface area (Å²) >= 11 is 6.22. The minimum absolute atomic E-state index is 0.220. The van der Waals surface area contributed by atoms with Crippen LogP contribution in [0, 0.1) is 6.92 Å². The zero-order chi connectivity index (χ0) is 19.5. The van der Waals surface area contributed by atoms with Crippen molar-refractivity contribution in [2.24, 2.45) is 0 Å². The highest BCUT2D eigenvalue weighted by molar-refractivity contribution is 6.33. The number of halogens is 1. The van der Waals surface area contributed by atoms with Crippen LogP contribution in [0.3, 0.4) is 0 Å². The molecule has 0 bridgehead atoms. The van der Waals surface area contributed by atoms with Crippen LogP contribution in [-0.4, -0.2) is 33.9 Å². The zero-order valence-corrected chi connectivity index (χ0v) is 16.7. The fourth-order valence-electron chi connectivity index (χ4n) is 2.75. The molecule has 0 saturated carbocycles. The largest absolute Gasteiger partial charge is 0.274 e. The third kappa shape index (κ3) is 4.25. The van der Waals surface area contributed by atoms with Crippen LogP contribution in [0.4, 0.5) is 0 Å². The maximum Gasteiger partial charge on any atom is 0.274 e. The first-order valence-corrected chi connectivity index (χ1v) is 9.02. The van der Waals surface area contributed by atoms with E-state index in [9.17, 15) is 9.59 Å².